The van der Waals surface area contributed by atoms with Gasteiger partial charge in [0.15, 0.2) is 16.7 Å². The summed E-state index contributed by atoms with van der Waals surface area (Å²) in [6, 6.07) is 19.3. The molecule has 0 saturated carbocycles. The highest BCUT2D eigenvalue weighted by atomic mass is 32.2. The van der Waals surface area contributed by atoms with E-state index in [0.29, 0.717) is 16.7 Å². The van der Waals surface area contributed by atoms with Crippen LogP contribution in [0.4, 0.5) is 0 Å². The first-order chi connectivity index (χ1) is 13.3. The van der Waals surface area contributed by atoms with Crippen molar-refractivity contribution in [3.63, 3.8) is 0 Å². The van der Waals surface area contributed by atoms with Crippen LogP contribution in [0.25, 0.3) is 11.4 Å². The molecule has 0 aliphatic carbocycles. The number of hydrogen-bond acceptors (Lipinski definition) is 7. The van der Waals surface area contributed by atoms with E-state index in [-0.39, 0.29) is 5.69 Å². The fourth-order valence-corrected chi connectivity index (χ4v) is 3.26. The van der Waals surface area contributed by atoms with Gasteiger partial charge in [-0.2, -0.15) is 5.26 Å². The van der Waals surface area contributed by atoms with Gasteiger partial charge in [0, 0.05) is 18.0 Å². The predicted molar refractivity (Wildman–Crippen MR) is 99.7 cm³/mol. The minimum Gasteiger partial charge on any atom is -0.297 e. The predicted octanol–water partition coefficient (Wildman–Crippen LogP) is 3.20. The van der Waals surface area contributed by atoms with E-state index in [4.69, 9.17) is 5.26 Å². The van der Waals surface area contributed by atoms with Gasteiger partial charge in [-0.1, -0.05) is 30.3 Å². The molecular weight excluding hydrogens is 358 g/mol. The second-order valence-corrected chi connectivity index (χ2v) is 6.57. The van der Waals surface area contributed by atoms with Crippen LogP contribution >= 0.6 is 11.8 Å². The molecule has 0 aliphatic rings. The Labute approximate surface area is 159 Å². The zero-order chi connectivity index (χ0) is 18.5. The van der Waals surface area contributed by atoms with Gasteiger partial charge in [-0.15, -0.1) is 20.4 Å². The summed E-state index contributed by atoms with van der Waals surface area (Å²) in [7, 11) is 0. The molecule has 0 spiro atoms. The smallest absolute Gasteiger partial charge is 0.198 e. The molecule has 0 atom stereocenters. The normalized spacial score (nSPS) is 10.5. The zero-order valence-electron chi connectivity index (χ0n) is 14.1. The number of nitriles is 1. The number of aromatic nitrogens is 6. The maximum absolute atomic E-state index is 8.86. The average Bonchev–Trinajstić information content (AvgIpc) is 3.12. The Balaban J connectivity index is 1.72. The quantitative estimate of drug-likeness (QED) is 0.532. The molecule has 0 saturated heterocycles. The Morgan fingerprint density at radius 3 is 2.41 bits per heavy atom. The molecule has 0 aliphatic heterocycles. The Morgan fingerprint density at radius 2 is 1.70 bits per heavy atom. The summed E-state index contributed by atoms with van der Waals surface area (Å²) in [6.45, 7) is 0.623. The summed E-state index contributed by atoms with van der Waals surface area (Å²) in [6.07, 6.45) is 3.46. The fraction of sp³-hybridized carbons (Fsp3) is 0.0526. The molecule has 27 heavy (non-hydrogen) atoms. The highest BCUT2D eigenvalue weighted by Crippen LogP contribution is 2.28. The van der Waals surface area contributed by atoms with Crippen molar-refractivity contribution in [2.24, 2.45) is 0 Å². The van der Waals surface area contributed by atoms with Crippen LogP contribution in [-0.4, -0.2) is 29.9 Å². The Bertz CT molecular complexity index is 1070. The first-order valence-electron chi connectivity index (χ1n) is 8.13. The molecule has 0 N–H and O–H groups in total. The monoisotopic (exact) mass is 371 g/mol. The van der Waals surface area contributed by atoms with E-state index >= 15 is 0 Å². The van der Waals surface area contributed by atoms with Gasteiger partial charge in [0.2, 0.25) is 0 Å². The van der Waals surface area contributed by atoms with Crippen LogP contribution in [-0.2, 0) is 6.54 Å². The van der Waals surface area contributed by atoms with Crippen LogP contribution in [0.15, 0.2) is 77.2 Å². The fourth-order valence-electron chi connectivity index (χ4n) is 2.51. The van der Waals surface area contributed by atoms with Crippen molar-refractivity contribution in [1.82, 2.24) is 29.9 Å². The van der Waals surface area contributed by atoms with Gasteiger partial charge in [-0.3, -0.25) is 9.55 Å². The summed E-state index contributed by atoms with van der Waals surface area (Å²) in [5.41, 5.74) is 2.36. The summed E-state index contributed by atoms with van der Waals surface area (Å²) >= 11 is 1.36. The molecule has 1 aromatic carbocycles. The Morgan fingerprint density at radius 1 is 0.889 bits per heavy atom. The summed E-state index contributed by atoms with van der Waals surface area (Å²) in [5, 5.41) is 26.9. The number of benzene rings is 1. The molecule has 0 amide bonds. The van der Waals surface area contributed by atoms with Gasteiger partial charge in [0.1, 0.15) is 11.1 Å². The van der Waals surface area contributed by atoms with Gasteiger partial charge in [-0.05, 0) is 41.6 Å². The van der Waals surface area contributed by atoms with E-state index in [1.165, 1.54) is 11.8 Å². The minimum atomic E-state index is 0.280. The first kappa shape index (κ1) is 16.9. The second-order valence-electron chi connectivity index (χ2n) is 5.58. The summed E-state index contributed by atoms with van der Waals surface area (Å²) < 4.78 is 2.04. The molecule has 8 heteroatoms. The summed E-state index contributed by atoms with van der Waals surface area (Å²) in [5.74, 6) is 0.755. The molecule has 4 aromatic rings. The molecule has 3 aromatic heterocycles. The zero-order valence-corrected chi connectivity index (χ0v) is 14.9. The lowest BCUT2D eigenvalue weighted by molar-refractivity contribution is 0.713. The molecule has 0 unspecified atom stereocenters. The van der Waals surface area contributed by atoms with Gasteiger partial charge in [0.05, 0.1) is 6.54 Å². The third kappa shape index (κ3) is 3.83. The van der Waals surface area contributed by atoms with Crippen LogP contribution in [0.1, 0.15) is 11.3 Å². The Kier molecular flexibility index (Phi) is 4.85. The van der Waals surface area contributed by atoms with Gasteiger partial charge < -0.3 is 0 Å². The maximum Gasteiger partial charge on any atom is 0.198 e. The first-order valence-corrected chi connectivity index (χ1v) is 8.94. The van der Waals surface area contributed by atoms with E-state index in [1.807, 2.05) is 41.0 Å². The number of pyridine rings is 1. The number of rotatable bonds is 5. The lowest BCUT2D eigenvalue weighted by atomic mass is 10.2. The van der Waals surface area contributed by atoms with Crippen molar-refractivity contribution in [2.45, 2.75) is 16.7 Å². The topological polar surface area (TPSA) is 93.2 Å². The number of nitrogens with zero attached hydrogens (tertiary/aromatic N) is 7. The second kappa shape index (κ2) is 7.76. The van der Waals surface area contributed by atoms with Gasteiger partial charge in [0.25, 0.3) is 0 Å². The van der Waals surface area contributed by atoms with Crippen LogP contribution in [0.5, 0.6) is 0 Å². The van der Waals surface area contributed by atoms with Crippen molar-refractivity contribution in [1.29, 1.82) is 5.26 Å². The van der Waals surface area contributed by atoms with Crippen molar-refractivity contribution in [3.05, 3.63) is 78.2 Å². The lowest BCUT2D eigenvalue weighted by Crippen LogP contribution is -2.04. The van der Waals surface area contributed by atoms with Crippen molar-refractivity contribution < 1.29 is 0 Å². The van der Waals surface area contributed by atoms with E-state index < -0.39 is 0 Å². The van der Waals surface area contributed by atoms with Gasteiger partial charge in [-0.25, -0.2) is 0 Å². The standard InChI is InChI=1S/C19H13N7S/c20-12-16-6-7-17(23-22-16)27-19-25-24-18(15-8-10-21-11-9-15)26(19)13-14-4-2-1-3-5-14/h1-11H,13H2. The molecule has 130 valence electrons. The molecule has 0 bridgehead atoms. The number of hydrogen-bond donors (Lipinski definition) is 0. The van der Waals surface area contributed by atoms with Crippen LogP contribution < -0.4 is 0 Å². The molecule has 4 rings (SSSR count). The van der Waals surface area contributed by atoms with Crippen molar-refractivity contribution in [3.8, 4) is 17.5 Å². The third-order valence-corrected chi connectivity index (χ3v) is 4.70. The van der Waals surface area contributed by atoms with E-state index in [9.17, 15) is 0 Å². The van der Waals surface area contributed by atoms with Crippen molar-refractivity contribution >= 4 is 11.8 Å². The van der Waals surface area contributed by atoms with E-state index in [1.54, 1.807) is 24.5 Å². The van der Waals surface area contributed by atoms with Crippen LogP contribution in [0.2, 0.25) is 0 Å². The van der Waals surface area contributed by atoms with Crippen molar-refractivity contribution in [2.75, 3.05) is 0 Å². The highest BCUT2D eigenvalue weighted by molar-refractivity contribution is 7.99. The van der Waals surface area contributed by atoms with Crippen LogP contribution in [0.3, 0.4) is 0 Å². The molecule has 3 heterocycles. The molecule has 7 nitrogen and oxygen atoms in total. The van der Waals surface area contributed by atoms with Crippen LogP contribution in [0, 0.1) is 11.3 Å². The SMILES string of the molecule is N#Cc1ccc(Sc2nnc(-c3ccncc3)n2Cc2ccccc2)nn1. The van der Waals surface area contributed by atoms with E-state index in [0.717, 1.165) is 17.0 Å². The van der Waals surface area contributed by atoms with Gasteiger partial charge >= 0.3 is 0 Å². The Hall–Kier alpha value is -3.57. The minimum absolute atomic E-state index is 0.280. The lowest BCUT2D eigenvalue weighted by Gasteiger charge is -2.10. The maximum atomic E-state index is 8.86. The molecular formula is C19H13N7S. The largest absolute Gasteiger partial charge is 0.297 e. The average molecular weight is 371 g/mol. The highest BCUT2D eigenvalue weighted by Gasteiger charge is 2.16. The summed E-state index contributed by atoms with van der Waals surface area (Å²) in [4.78, 5) is 4.07. The molecule has 0 radical (unpaired) electrons. The molecule has 0 fully saturated rings. The van der Waals surface area contributed by atoms with E-state index in [2.05, 4.69) is 37.5 Å². The third-order valence-electron chi connectivity index (χ3n) is 3.79.